The highest BCUT2D eigenvalue weighted by Crippen LogP contribution is 2.21. The second-order valence-electron chi connectivity index (χ2n) is 4.57. The fraction of sp³-hybridized carbons (Fsp3) is 0.909. The molecule has 5 heteroatoms. The van der Waals surface area contributed by atoms with Crippen LogP contribution in [0.2, 0.25) is 0 Å². The van der Waals surface area contributed by atoms with Crippen LogP contribution in [0.4, 0.5) is 0 Å². The largest absolute Gasteiger partial charge is 0.354 e. The Balaban J connectivity index is 0.00000225. The van der Waals surface area contributed by atoms with Gasteiger partial charge in [-0.2, -0.15) is 11.8 Å². The van der Waals surface area contributed by atoms with Gasteiger partial charge in [0.05, 0.1) is 6.04 Å². The number of rotatable bonds is 4. The molecule has 1 amide bonds. The Labute approximate surface area is 109 Å². The minimum Gasteiger partial charge on any atom is -0.354 e. The highest BCUT2D eigenvalue weighted by Gasteiger charge is 2.19. The number of carbonyl (C=O) groups excluding carboxylic acids is 1. The number of hydrogen-bond acceptors (Lipinski definition) is 3. The van der Waals surface area contributed by atoms with Gasteiger partial charge in [-0.1, -0.05) is 13.8 Å². The summed E-state index contributed by atoms with van der Waals surface area (Å²) in [6.45, 7) is 4.75. The second-order valence-corrected chi connectivity index (χ2v) is 5.80. The van der Waals surface area contributed by atoms with Gasteiger partial charge in [-0.05, 0) is 36.2 Å². The fourth-order valence-corrected chi connectivity index (χ4v) is 2.82. The molecule has 0 aromatic carbocycles. The monoisotopic (exact) mass is 266 g/mol. The number of carbonyl (C=O) groups is 1. The summed E-state index contributed by atoms with van der Waals surface area (Å²) in [5.74, 6) is 3.35. The summed E-state index contributed by atoms with van der Waals surface area (Å²) in [5, 5.41) is 2.96. The van der Waals surface area contributed by atoms with Crippen molar-refractivity contribution in [3.63, 3.8) is 0 Å². The summed E-state index contributed by atoms with van der Waals surface area (Å²) in [6.07, 6.45) is 2.45. The maximum Gasteiger partial charge on any atom is 0.237 e. The van der Waals surface area contributed by atoms with E-state index < -0.39 is 0 Å². The van der Waals surface area contributed by atoms with Gasteiger partial charge in [0.1, 0.15) is 0 Å². The van der Waals surface area contributed by atoms with Crippen LogP contribution in [0.3, 0.4) is 0 Å². The maximum atomic E-state index is 11.6. The van der Waals surface area contributed by atoms with Gasteiger partial charge < -0.3 is 11.1 Å². The number of halogens is 1. The topological polar surface area (TPSA) is 55.1 Å². The number of nitrogens with one attached hydrogen (secondary N) is 1. The average Bonchev–Trinajstić information content (AvgIpc) is 2.26. The summed E-state index contributed by atoms with van der Waals surface area (Å²) in [4.78, 5) is 11.6. The molecule has 0 radical (unpaired) electrons. The minimum absolute atomic E-state index is 0. The molecule has 3 nitrogen and oxygen atoms in total. The van der Waals surface area contributed by atoms with Crippen molar-refractivity contribution in [3.8, 4) is 0 Å². The number of hydrogen-bond donors (Lipinski definition) is 2. The third-order valence-corrected chi connectivity index (χ3v) is 3.98. The molecule has 1 heterocycles. The zero-order chi connectivity index (χ0) is 11.3. The molecule has 96 valence electrons. The molecule has 1 fully saturated rings. The summed E-state index contributed by atoms with van der Waals surface area (Å²) in [6, 6.07) is -0.358. The van der Waals surface area contributed by atoms with Crippen molar-refractivity contribution in [3.05, 3.63) is 0 Å². The standard InChI is InChI=1S/C11H22N2OS.ClH/c1-8(2)10(12)11(14)13-7-9-3-5-15-6-4-9;/h8-10H,3-7,12H2,1-2H3,(H,13,14);1H. The van der Waals surface area contributed by atoms with Crippen molar-refractivity contribution < 1.29 is 4.79 Å². The molecule has 1 aliphatic rings. The Kier molecular flexibility index (Phi) is 8.24. The van der Waals surface area contributed by atoms with Gasteiger partial charge in [0.25, 0.3) is 0 Å². The Bertz CT molecular complexity index is 208. The first kappa shape index (κ1) is 16.1. The van der Waals surface area contributed by atoms with E-state index in [4.69, 9.17) is 5.73 Å². The maximum absolute atomic E-state index is 11.6. The molecule has 0 spiro atoms. The van der Waals surface area contributed by atoms with E-state index in [1.807, 2.05) is 25.6 Å². The van der Waals surface area contributed by atoms with Gasteiger partial charge in [-0.25, -0.2) is 0 Å². The lowest BCUT2D eigenvalue weighted by Gasteiger charge is -2.23. The molecule has 0 aliphatic carbocycles. The first-order chi connectivity index (χ1) is 7.11. The van der Waals surface area contributed by atoms with Gasteiger partial charge in [0, 0.05) is 6.54 Å². The number of nitrogens with two attached hydrogens (primary N) is 1. The molecule has 0 aromatic heterocycles. The van der Waals surface area contributed by atoms with Crippen molar-refractivity contribution >= 4 is 30.1 Å². The SMILES string of the molecule is CC(C)C(N)C(=O)NCC1CCSCC1.Cl. The van der Waals surface area contributed by atoms with Crippen molar-refractivity contribution in [2.75, 3.05) is 18.1 Å². The molecular formula is C11H23ClN2OS. The van der Waals surface area contributed by atoms with E-state index in [-0.39, 0.29) is 30.3 Å². The van der Waals surface area contributed by atoms with Crippen LogP contribution < -0.4 is 11.1 Å². The van der Waals surface area contributed by atoms with Crippen molar-refractivity contribution in [2.45, 2.75) is 32.7 Å². The van der Waals surface area contributed by atoms with Gasteiger partial charge in [0.15, 0.2) is 0 Å². The van der Waals surface area contributed by atoms with Crippen LogP contribution >= 0.6 is 24.2 Å². The first-order valence-electron chi connectivity index (χ1n) is 5.72. The zero-order valence-electron chi connectivity index (χ0n) is 10.1. The van der Waals surface area contributed by atoms with Crippen LogP contribution in [0, 0.1) is 11.8 Å². The average molecular weight is 267 g/mol. The Morgan fingerprint density at radius 3 is 2.50 bits per heavy atom. The predicted molar refractivity (Wildman–Crippen MR) is 73.1 cm³/mol. The van der Waals surface area contributed by atoms with Crippen LogP contribution in [0.25, 0.3) is 0 Å². The summed E-state index contributed by atoms with van der Waals surface area (Å²) < 4.78 is 0. The van der Waals surface area contributed by atoms with Crippen LogP contribution in [-0.4, -0.2) is 30.0 Å². The Hall–Kier alpha value is 0.0700. The summed E-state index contributed by atoms with van der Waals surface area (Å²) in [7, 11) is 0. The molecular weight excluding hydrogens is 244 g/mol. The quantitative estimate of drug-likeness (QED) is 0.814. The van der Waals surface area contributed by atoms with E-state index >= 15 is 0 Å². The van der Waals surface area contributed by atoms with Gasteiger partial charge in [0.2, 0.25) is 5.91 Å². The lowest BCUT2D eigenvalue weighted by molar-refractivity contribution is -0.123. The smallest absolute Gasteiger partial charge is 0.237 e. The lowest BCUT2D eigenvalue weighted by Crippen LogP contribution is -2.45. The third kappa shape index (κ3) is 5.41. The van der Waals surface area contributed by atoms with E-state index in [0.717, 1.165) is 6.54 Å². The molecule has 1 atom stereocenters. The lowest BCUT2D eigenvalue weighted by atomic mass is 10.0. The first-order valence-corrected chi connectivity index (χ1v) is 6.87. The van der Waals surface area contributed by atoms with Gasteiger partial charge in [-0.3, -0.25) is 4.79 Å². The van der Waals surface area contributed by atoms with Crippen molar-refractivity contribution in [2.24, 2.45) is 17.6 Å². The van der Waals surface area contributed by atoms with E-state index in [1.165, 1.54) is 24.3 Å². The summed E-state index contributed by atoms with van der Waals surface area (Å²) in [5.41, 5.74) is 5.76. The molecule has 1 saturated heterocycles. The molecule has 1 rings (SSSR count). The van der Waals surface area contributed by atoms with Crippen LogP contribution in [0.1, 0.15) is 26.7 Å². The van der Waals surface area contributed by atoms with Crippen LogP contribution in [-0.2, 0) is 4.79 Å². The summed E-state index contributed by atoms with van der Waals surface area (Å²) >= 11 is 2.01. The molecule has 16 heavy (non-hydrogen) atoms. The van der Waals surface area contributed by atoms with E-state index in [0.29, 0.717) is 5.92 Å². The van der Waals surface area contributed by atoms with Gasteiger partial charge >= 0.3 is 0 Å². The molecule has 0 saturated carbocycles. The van der Waals surface area contributed by atoms with E-state index in [9.17, 15) is 4.79 Å². The molecule has 0 aromatic rings. The molecule has 3 N–H and O–H groups in total. The van der Waals surface area contributed by atoms with Crippen LogP contribution in [0.15, 0.2) is 0 Å². The minimum atomic E-state index is -0.358. The highest BCUT2D eigenvalue weighted by molar-refractivity contribution is 7.99. The molecule has 1 aliphatic heterocycles. The normalized spacial score (nSPS) is 19.0. The number of thioether (sulfide) groups is 1. The second kappa shape index (κ2) is 8.20. The Morgan fingerprint density at radius 1 is 1.44 bits per heavy atom. The van der Waals surface area contributed by atoms with Crippen LogP contribution in [0.5, 0.6) is 0 Å². The van der Waals surface area contributed by atoms with Gasteiger partial charge in [-0.15, -0.1) is 12.4 Å². The zero-order valence-corrected chi connectivity index (χ0v) is 11.7. The molecule has 1 unspecified atom stereocenters. The van der Waals surface area contributed by atoms with Crippen molar-refractivity contribution in [1.29, 1.82) is 0 Å². The van der Waals surface area contributed by atoms with Crippen molar-refractivity contribution in [1.82, 2.24) is 5.32 Å². The van der Waals surface area contributed by atoms with E-state index in [1.54, 1.807) is 0 Å². The Morgan fingerprint density at radius 2 is 2.00 bits per heavy atom. The predicted octanol–water partition coefficient (Wildman–Crippen LogP) is 1.65. The molecule has 0 bridgehead atoms. The third-order valence-electron chi connectivity index (χ3n) is 2.93. The fourth-order valence-electron chi connectivity index (χ4n) is 1.62. The highest BCUT2D eigenvalue weighted by atomic mass is 35.5. The van der Waals surface area contributed by atoms with E-state index in [2.05, 4.69) is 5.32 Å². The number of amides is 1.